The van der Waals surface area contributed by atoms with Crippen LogP contribution in [0.5, 0.6) is 0 Å². The van der Waals surface area contributed by atoms with Crippen LogP contribution < -0.4 is 5.32 Å². The third-order valence-electron chi connectivity index (χ3n) is 3.45. The summed E-state index contributed by atoms with van der Waals surface area (Å²) in [4.78, 5) is 22.5. The monoisotopic (exact) mass is 305 g/mol. The molecule has 1 aromatic carbocycles. The van der Waals surface area contributed by atoms with Crippen LogP contribution in [0.2, 0.25) is 0 Å². The summed E-state index contributed by atoms with van der Waals surface area (Å²) in [7, 11) is 0. The summed E-state index contributed by atoms with van der Waals surface area (Å²) >= 11 is 0. The molecule has 114 valence electrons. The van der Waals surface area contributed by atoms with Crippen molar-refractivity contribution in [3.63, 3.8) is 0 Å². The second-order valence-electron chi connectivity index (χ2n) is 4.80. The molecule has 0 saturated carbocycles. The fraction of sp³-hybridized carbons (Fsp3) is 0.385. The van der Waals surface area contributed by atoms with Gasteiger partial charge in [0.2, 0.25) is 5.91 Å². The highest BCUT2D eigenvalue weighted by molar-refractivity contribution is 5.82. The van der Waals surface area contributed by atoms with Gasteiger partial charge in [-0.15, -0.1) is 0 Å². The third kappa shape index (κ3) is 3.14. The van der Waals surface area contributed by atoms with Gasteiger partial charge in [0.15, 0.2) is 0 Å². The predicted molar refractivity (Wildman–Crippen MR) is 62.9 cm³/mol. The highest BCUT2D eigenvalue weighted by Crippen LogP contribution is 2.37. The molecule has 21 heavy (non-hydrogen) atoms. The quantitative estimate of drug-likeness (QED) is 0.823. The van der Waals surface area contributed by atoms with E-state index in [9.17, 15) is 27.2 Å². The minimum Gasteiger partial charge on any atom is -0.481 e. The fourth-order valence-electron chi connectivity index (χ4n) is 2.38. The molecular weight excluding hydrogens is 294 g/mol. The molecular formula is C13H11F4NO3. The van der Waals surface area contributed by atoms with Gasteiger partial charge in [0.1, 0.15) is 5.82 Å². The van der Waals surface area contributed by atoms with Crippen molar-refractivity contribution in [3.8, 4) is 0 Å². The van der Waals surface area contributed by atoms with Crippen molar-refractivity contribution >= 4 is 11.9 Å². The second-order valence-corrected chi connectivity index (χ2v) is 4.80. The Kier molecular flexibility index (Phi) is 3.89. The van der Waals surface area contributed by atoms with Crippen molar-refractivity contribution in [1.82, 2.24) is 5.32 Å². The third-order valence-corrected chi connectivity index (χ3v) is 3.45. The van der Waals surface area contributed by atoms with Gasteiger partial charge < -0.3 is 10.4 Å². The molecule has 2 N–H and O–H groups in total. The minimum absolute atomic E-state index is 0.00836. The number of piperidine rings is 1. The van der Waals surface area contributed by atoms with Gasteiger partial charge in [-0.25, -0.2) is 4.39 Å². The van der Waals surface area contributed by atoms with Gasteiger partial charge in [-0.05, 0) is 17.7 Å². The number of amides is 1. The Morgan fingerprint density at radius 2 is 2.00 bits per heavy atom. The number of carboxylic acids is 1. The first-order valence-electron chi connectivity index (χ1n) is 6.06. The number of nitrogens with one attached hydrogen (secondary N) is 1. The Labute approximate surface area is 116 Å². The van der Waals surface area contributed by atoms with E-state index in [1.807, 2.05) is 0 Å². The average molecular weight is 305 g/mol. The first-order valence-corrected chi connectivity index (χ1v) is 6.06. The van der Waals surface area contributed by atoms with Crippen LogP contribution in [0.4, 0.5) is 17.6 Å². The van der Waals surface area contributed by atoms with Crippen molar-refractivity contribution in [2.24, 2.45) is 5.92 Å². The van der Waals surface area contributed by atoms with Gasteiger partial charge in [-0.1, -0.05) is 6.07 Å². The van der Waals surface area contributed by atoms with Gasteiger partial charge in [-0.3, -0.25) is 9.59 Å². The SMILES string of the molecule is O=C1C[C@@H](c2ccc(F)c(C(F)(F)F)c2)[C@H](C(=O)O)CN1. The lowest BCUT2D eigenvalue weighted by atomic mass is 9.80. The topological polar surface area (TPSA) is 66.4 Å². The van der Waals surface area contributed by atoms with Crippen LogP contribution in [0.15, 0.2) is 18.2 Å². The molecule has 1 amide bonds. The highest BCUT2D eigenvalue weighted by Gasteiger charge is 2.38. The number of hydrogen-bond donors (Lipinski definition) is 2. The fourth-order valence-corrected chi connectivity index (χ4v) is 2.38. The molecule has 1 aliphatic heterocycles. The van der Waals surface area contributed by atoms with E-state index in [0.29, 0.717) is 12.1 Å². The van der Waals surface area contributed by atoms with Crippen LogP contribution in [0.25, 0.3) is 0 Å². The van der Waals surface area contributed by atoms with E-state index in [-0.39, 0.29) is 18.5 Å². The van der Waals surface area contributed by atoms with Gasteiger partial charge in [0.05, 0.1) is 11.5 Å². The maximum absolute atomic E-state index is 13.2. The van der Waals surface area contributed by atoms with E-state index in [1.54, 1.807) is 0 Å². The van der Waals surface area contributed by atoms with Crippen molar-refractivity contribution in [2.45, 2.75) is 18.5 Å². The number of benzene rings is 1. The zero-order chi connectivity index (χ0) is 15.8. The number of carbonyl (C=O) groups excluding carboxylic acids is 1. The molecule has 2 atom stereocenters. The number of hydrogen-bond acceptors (Lipinski definition) is 2. The van der Waals surface area contributed by atoms with E-state index in [4.69, 9.17) is 5.11 Å². The smallest absolute Gasteiger partial charge is 0.419 e. The summed E-state index contributed by atoms with van der Waals surface area (Å²) in [6, 6.07) is 2.31. The molecule has 0 aromatic heterocycles. The van der Waals surface area contributed by atoms with E-state index in [2.05, 4.69) is 5.32 Å². The summed E-state index contributed by atoms with van der Waals surface area (Å²) in [6.45, 7) is -0.169. The molecule has 1 heterocycles. The zero-order valence-corrected chi connectivity index (χ0v) is 10.6. The van der Waals surface area contributed by atoms with Crippen molar-refractivity contribution in [1.29, 1.82) is 0 Å². The number of rotatable bonds is 2. The number of carbonyl (C=O) groups is 2. The normalized spacial score (nSPS) is 22.8. The van der Waals surface area contributed by atoms with Crippen LogP contribution in [0.3, 0.4) is 0 Å². The molecule has 0 unspecified atom stereocenters. The van der Waals surface area contributed by atoms with Crippen molar-refractivity contribution in [2.75, 3.05) is 6.54 Å². The minimum atomic E-state index is -4.88. The molecule has 4 nitrogen and oxygen atoms in total. The maximum Gasteiger partial charge on any atom is 0.419 e. The van der Waals surface area contributed by atoms with Crippen LogP contribution in [-0.4, -0.2) is 23.5 Å². The number of carboxylic acid groups (broad SMARTS) is 1. The van der Waals surface area contributed by atoms with Crippen molar-refractivity contribution < 1.29 is 32.3 Å². The van der Waals surface area contributed by atoms with Crippen LogP contribution in [0.1, 0.15) is 23.5 Å². The first-order chi connectivity index (χ1) is 9.70. The molecule has 1 fully saturated rings. The highest BCUT2D eigenvalue weighted by atomic mass is 19.4. The second kappa shape index (κ2) is 5.34. The van der Waals surface area contributed by atoms with E-state index in [0.717, 1.165) is 6.07 Å². The molecule has 0 bridgehead atoms. The largest absolute Gasteiger partial charge is 0.481 e. The molecule has 1 aromatic rings. The molecule has 0 aliphatic carbocycles. The van der Waals surface area contributed by atoms with E-state index < -0.39 is 41.3 Å². The molecule has 1 aliphatic rings. The predicted octanol–water partition coefficient (Wildman–Crippen LogP) is 2.15. The summed E-state index contributed by atoms with van der Waals surface area (Å²) in [5, 5.41) is 11.4. The summed E-state index contributed by atoms with van der Waals surface area (Å²) in [5.74, 6) is -5.07. The average Bonchev–Trinajstić information content (AvgIpc) is 2.37. The molecule has 1 saturated heterocycles. The standard InChI is InChI=1S/C13H11F4NO3/c14-10-2-1-6(3-9(10)13(15,16)17)7-4-11(19)18-5-8(7)12(20)21/h1-3,7-8H,4-5H2,(H,18,19)(H,20,21)/t7-,8+/m0/s1. The Bertz CT molecular complexity index is 585. The van der Waals surface area contributed by atoms with Crippen LogP contribution in [0, 0.1) is 11.7 Å². The Morgan fingerprint density at radius 3 is 2.57 bits per heavy atom. The lowest BCUT2D eigenvalue weighted by Gasteiger charge is -2.29. The summed E-state index contributed by atoms with van der Waals surface area (Å²) < 4.78 is 51.3. The summed E-state index contributed by atoms with van der Waals surface area (Å²) in [6.07, 6.45) is -5.13. The Balaban J connectivity index is 2.43. The van der Waals surface area contributed by atoms with Gasteiger partial charge >= 0.3 is 12.1 Å². The molecule has 0 radical (unpaired) electrons. The zero-order valence-electron chi connectivity index (χ0n) is 10.6. The van der Waals surface area contributed by atoms with E-state index in [1.165, 1.54) is 0 Å². The maximum atomic E-state index is 13.2. The number of halogens is 4. The Hall–Kier alpha value is -2.12. The van der Waals surface area contributed by atoms with Gasteiger partial charge in [-0.2, -0.15) is 13.2 Å². The van der Waals surface area contributed by atoms with Crippen molar-refractivity contribution in [3.05, 3.63) is 35.1 Å². The molecule has 2 rings (SSSR count). The number of alkyl halides is 3. The van der Waals surface area contributed by atoms with Crippen LogP contribution in [-0.2, 0) is 15.8 Å². The molecule has 0 spiro atoms. The van der Waals surface area contributed by atoms with E-state index >= 15 is 0 Å². The lowest BCUT2D eigenvalue weighted by Crippen LogP contribution is -2.43. The Morgan fingerprint density at radius 1 is 1.33 bits per heavy atom. The number of aliphatic carboxylic acids is 1. The van der Waals surface area contributed by atoms with Gasteiger partial charge in [0.25, 0.3) is 0 Å². The van der Waals surface area contributed by atoms with Crippen LogP contribution >= 0.6 is 0 Å². The first kappa shape index (κ1) is 15.3. The summed E-state index contributed by atoms with van der Waals surface area (Å²) in [5.41, 5.74) is -1.47. The molecule has 8 heteroatoms. The lowest BCUT2D eigenvalue weighted by molar-refractivity contribution is -0.144. The van der Waals surface area contributed by atoms with Gasteiger partial charge in [0, 0.05) is 18.9 Å².